The van der Waals surface area contributed by atoms with Gasteiger partial charge in [0, 0.05) is 25.3 Å². The number of hydrogen-bond acceptors (Lipinski definition) is 5. The highest BCUT2D eigenvalue weighted by Crippen LogP contribution is 2.21. The molecule has 1 N–H and O–H groups in total. The molecule has 0 spiro atoms. The van der Waals surface area contributed by atoms with Crippen LogP contribution in [0.2, 0.25) is 5.02 Å². The Morgan fingerprint density at radius 3 is 2.83 bits per heavy atom. The van der Waals surface area contributed by atoms with Gasteiger partial charge in [0.1, 0.15) is 0 Å². The van der Waals surface area contributed by atoms with Crippen molar-refractivity contribution in [2.24, 2.45) is 0 Å². The van der Waals surface area contributed by atoms with Gasteiger partial charge in [0.15, 0.2) is 5.65 Å². The number of fused-ring (bicyclic) bond motifs is 1. The van der Waals surface area contributed by atoms with Gasteiger partial charge in [-0.15, -0.1) is 21.5 Å². The van der Waals surface area contributed by atoms with Gasteiger partial charge in [-0.2, -0.15) is 0 Å². The molecular weight excluding hydrogens is 346 g/mol. The molecule has 4 heterocycles. The summed E-state index contributed by atoms with van der Waals surface area (Å²) in [6.45, 7) is 1.64. The van der Waals surface area contributed by atoms with Crippen LogP contribution in [0.4, 0.5) is 5.95 Å². The van der Waals surface area contributed by atoms with E-state index in [-0.39, 0.29) is 11.9 Å². The molecule has 0 bridgehead atoms. The van der Waals surface area contributed by atoms with Gasteiger partial charge in [0.05, 0.1) is 9.90 Å². The summed E-state index contributed by atoms with van der Waals surface area (Å²) in [6, 6.07) is 7.60. The zero-order valence-electron chi connectivity index (χ0n) is 12.9. The highest BCUT2D eigenvalue weighted by molar-refractivity contribution is 7.12. The molecule has 24 heavy (non-hydrogen) atoms. The van der Waals surface area contributed by atoms with Crippen LogP contribution in [0.5, 0.6) is 0 Å². The lowest BCUT2D eigenvalue weighted by molar-refractivity contribution is 0.0935. The maximum Gasteiger partial charge on any atom is 0.261 e. The molecule has 0 aliphatic carbocycles. The number of nitrogens with one attached hydrogen (secondary N) is 1. The summed E-state index contributed by atoms with van der Waals surface area (Å²) >= 11 is 7.54. The van der Waals surface area contributed by atoms with Gasteiger partial charge >= 0.3 is 0 Å². The third-order valence-electron chi connectivity index (χ3n) is 4.21. The standard InChI is InChI=1S/C16H16ClN5OS/c17-11-3-4-14-19-20-16(22(14)10-11)21-7-5-12(6-8-21)18-15(23)13-2-1-9-24-13/h1-4,9-10,12H,5-8H2,(H,18,23). The van der Waals surface area contributed by atoms with Crippen LogP contribution in [-0.2, 0) is 0 Å². The van der Waals surface area contributed by atoms with E-state index in [1.54, 1.807) is 0 Å². The Morgan fingerprint density at radius 1 is 1.25 bits per heavy atom. The summed E-state index contributed by atoms with van der Waals surface area (Å²) in [7, 11) is 0. The number of hydrogen-bond donors (Lipinski definition) is 1. The van der Waals surface area contributed by atoms with Crippen LogP contribution in [0.15, 0.2) is 35.8 Å². The first-order valence-electron chi connectivity index (χ1n) is 7.80. The van der Waals surface area contributed by atoms with E-state index in [1.807, 2.05) is 40.2 Å². The monoisotopic (exact) mass is 361 g/mol. The van der Waals surface area contributed by atoms with Crippen LogP contribution in [0.3, 0.4) is 0 Å². The van der Waals surface area contributed by atoms with E-state index >= 15 is 0 Å². The van der Waals surface area contributed by atoms with E-state index in [4.69, 9.17) is 11.6 Å². The number of halogens is 1. The molecular formula is C16H16ClN5OS. The molecule has 0 atom stereocenters. The first kappa shape index (κ1) is 15.4. The fourth-order valence-corrected chi connectivity index (χ4v) is 3.74. The first-order valence-corrected chi connectivity index (χ1v) is 9.06. The molecule has 1 amide bonds. The summed E-state index contributed by atoms with van der Waals surface area (Å²) in [5.74, 6) is 0.818. The van der Waals surface area contributed by atoms with Crippen LogP contribution in [-0.4, -0.2) is 39.6 Å². The Labute approximate surface area is 148 Å². The van der Waals surface area contributed by atoms with Crippen LogP contribution < -0.4 is 10.2 Å². The van der Waals surface area contributed by atoms with Crippen molar-refractivity contribution < 1.29 is 4.79 Å². The second kappa shape index (κ2) is 6.41. The summed E-state index contributed by atoms with van der Waals surface area (Å²) < 4.78 is 1.91. The topological polar surface area (TPSA) is 62.5 Å². The molecule has 1 saturated heterocycles. The number of pyridine rings is 1. The number of rotatable bonds is 3. The summed E-state index contributed by atoms with van der Waals surface area (Å²) in [6.07, 6.45) is 3.59. The van der Waals surface area contributed by atoms with E-state index in [1.165, 1.54) is 11.3 Å². The Kier molecular flexibility index (Phi) is 4.12. The lowest BCUT2D eigenvalue weighted by Crippen LogP contribution is -2.45. The lowest BCUT2D eigenvalue weighted by atomic mass is 10.1. The van der Waals surface area contributed by atoms with Crippen molar-refractivity contribution in [3.63, 3.8) is 0 Å². The SMILES string of the molecule is O=C(NC1CCN(c2nnc3ccc(Cl)cn23)CC1)c1cccs1. The minimum Gasteiger partial charge on any atom is -0.348 e. The minimum absolute atomic E-state index is 0.0168. The van der Waals surface area contributed by atoms with Gasteiger partial charge < -0.3 is 10.2 Å². The predicted octanol–water partition coefficient (Wildman–Crippen LogP) is 2.84. The maximum atomic E-state index is 12.1. The van der Waals surface area contributed by atoms with Gasteiger partial charge in [-0.05, 0) is 36.4 Å². The number of amides is 1. The molecule has 124 valence electrons. The first-order chi connectivity index (χ1) is 11.7. The minimum atomic E-state index is 0.0168. The highest BCUT2D eigenvalue weighted by Gasteiger charge is 2.24. The Balaban J connectivity index is 1.42. The molecule has 1 aliphatic rings. The number of carbonyl (C=O) groups excluding carboxylic acids is 1. The smallest absolute Gasteiger partial charge is 0.261 e. The number of aromatic nitrogens is 3. The van der Waals surface area contributed by atoms with E-state index in [0.717, 1.165) is 42.4 Å². The predicted molar refractivity (Wildman–Crippen MR) is 95.0 cm³/mol. The maximum absolute atomic E-state index is 12.1. The van der Waals surface area contributed by atoms with Crippen molar-refractivity contribution in [3.05, 3.63) is 45.7 Å². The second-order valence-electron chi connectivity index (χ2n) is 5.79. The molecule has 0 aromatic carbocycles. The summed E-state index contributed by atoms with van der Waals surface area (Å²) in [5, 5.41) is 14.1. The molecule has 0 saturated carbocycles. The molecule has 3 aromatic heterocycles. The zero-order valence-corrected chi connectivity index (χ0v) is 14.4. The quantitative estimate of drug-likeness (QED) is 0.779. The highest BCUT2D eigenvalue weighted by atomic mass is 35.5. The third-order valence-corrected chi connectivity index (χ3v) is 5.30. The Morgan fingerprint density at radius 2 is 2.08 bits per heavy atom. The normalized spacial score (nSPS) is 15.8. The molecule has 0 radical (unpaired) electrons. The molecule has 4 rings (SSSR count). The average Bonchev–Trinajstić information content (AvgIpc) is 3.25. The van der Waals surface area contributed by atoms with Gasteiger partial charge in [0.25, 0.3) is 5.91 Å². The third kappa shape index (κ3) is 2.97. The van der Waals surface area contributed by atoms with Crippen molar-refractivity contribution in [2.45, 2.75) is 18.9 Å². The number of nitrogens with zero attached hydrogens (tertiary/aromatic N) is 4. The van der Waals surface area contributed by atoms with E-state index < -0.39 is 0 Å². The lowest BCUT2D eigenvalue weighted by Gasteiger charge is -2.32. The van der Waals surface area contributed by atoms with Crippen molar-refractivity contribution in [2.75, 3.05) is 18.0 Å². The van der Waals surface area contributed by atoms with Gasteiger partial charge in [-0.3, -0.25) is 9.20 Å². The van der Waals surface area contributed by atoms with Gasteiger partial charge in [0.2, 0.25) is 5.95 Å². The largest absolute Gasteiger partial charge is 0.348 e. The fourth-order valence-electron chi connectivity index (χ4n) is 2.96. The van der Waals surface area contributed by atoms with Crippen molar-refractivity contribution >= 4 is 40.4 Å². The number of carbonyl (C=O) groups is 1. The van der Waals surface area contributed by atoms with Crippen LogP contribution >= 0.6 is 22.9 Å². The molecule has 8 heteroatoms. The van der Waals surface area contributed by atoms with Crippen LogP contribution in [0.1, 0.15) is 22.5 Å². The fraction of sp³-hybridized carbons (Fsp3) is 0.312. The number of thiophene rings is 1. The molecule has 3 aromatic rings. The van der Waals surface area contributed by atoms with E-state index in [2.05, 4.69) is 20.4 Å². The Bertz CT molecular complexity index is 855. The van der Waals surface area contributed by atoms with Crippen LogP contribution in [0, 0.1) is 0 Å². The van der Waals surface area contributed by atoms with Gasteiger partial charge in [-0.1, -0.05) is 17.7 Å². The van der Waals surface area contributed by atoms with Crippen molar-refractivity contribution in [1.82, 2.24) is 19.9 Å². The van der Waals surface area contributed by atoms with Crippen molar-refractivity contribution in [1.29, 1.82) is 0 Å². The zero-order chi connectivity index (χ0) is 16.5. The van der Waals surface area contributed by atoms with Crippen LogP contribution in [0.25, 0.3) is 5.65 Å². The molecule has 6 nitrogen and oxygen atoms in total. The van der Waals surface area contributed by atoms with Crippen molar-refractivity contribution in [3.8, 4) is 0 Å². The number of anilines is 1. The number of piperidine rings is 1. The molecule has 0 unspecified atom stereocenters. The molecule has 1 aliphatic heterocycles. The summed E-state index contributed by atoms with van der Waals surface area (Å²) in [5.41, 5.74) is 0.780. The average molecular weight is 362 g/mol. The van der Waals surface area contributed by atoms with E-state index in [9.17, 15) is 4.79 Å². The van der Waals surface area contributed by atoms with E-state index in [0.29, 0.717) is 5.02 Å². The summed E-state index contributed by atoms with van der Waals surface area (Å²) in [4.78, 5) is 15.1. The van der Waals surface area contributed by atoms with Gasteiger partial charge in [-0.25, -0.2) is 0 Å². The Hall–Kier alpha value is -2.12. The second-order valence-corrected chi connectivity index (χ2v) is 7.17. The molecule has 1 fully saturated rings.